The number of carbonyl (C=O) groups excluding carboxylic acids is 1. The summed E-state index contributed by atoms with van der Waals surface area (Å²) in [6.07, 6.45) is 4.53. The van der Waals surface area contributed by atoms with Gasteiger partial charge in [0.2, 0.25) is 0 Å². The Morgan fingerprint density at radius 2 is 2.20 bits per heavy atom. The Hall–Kier alpha value is -1.62. The maximum absolute atomic E-state index is 11.4. The van der Waals surface area contributed by atoms with Crippen LogP contribution in [0.1, 0.15) is 19.3 Å². The van der Waals surface area contributed by atoms with E-state index in [1.54, 1.807) is 18.0 Å². The summed E-state index contributed by atoms with van der Waals surface area (Å²) in [5, 5.41) is 9.30. The van der Waals surface area contributed by atoms with Crippen LogP contribution >= 0.6 is 11.8 Å². The van der Waals surface area contributed by atoms with E-state index in [1.807, 2.05) is 18.2 Å². The van der Waals surface area contributed by atoms with Crippen LogP contribution < -0.4 is 0 Å². The van der Waals surface area contributed by atoms with Crippen LogP contribution in [-0.2, 0) is 9.53 Å². The molecule has 0 N–H and O–H groups in total. The third kappa shape index (κ3) is 2.77. The molecule has 1 aromatic carbocycles. The highest BCUT2D eigenvalue weighted by Crippen LogP contribution is 2.52. The van der Waals surface area contributed by atoms with Gasteiger partial charge in [-0.2, -0.15) is 10.2 Å². The second-order valence-corrected chi connectivity index (χ2v) is 6.28. The number of hydrogen-bond donors (Lipinski definition) is 0. The van der Waals surface area contributed by atoms with Gasteiger partial charge in [-0.05, 0) is 24.3 Å². The van der Waals surface area contributed by atoms with Crippen molar-refractivity contribution in [2.45, 2.75) is 24.2 Å². The molecule has 4 nitrogen and oxygen atoms in total. The minimum atomic E-state index is -0.110. The van der Waals surface area contributed by atoms with E-state index in [-0.39, 0.29) is 11.4 Å². The van der Waals surface area contributed by atoms with Gasteiger partial charge in [0.15, 0.2) is 0 Å². The highest BCUT2D eigenvalue weighted by atomic mass is 32.2. The van der Waals surface area contributed by atoms with E-state index in [0.29, 0.717) is 6.42 Å². The van der Waals surface area contributed by atoms with E-state index in [4.69, 9.17) is 4.74 Å². The Balaban J connectivity index is 1.73. The van der Waals surface area contributed by atoms with Gasteiger partial charge in [-0.3, -0.25) is 4.79 Å². The molecule has 0 spiro atoms. The SMILES string of the molecule is COC(=O)CC1(CSc2cnnc3ccccc23)CC1. The zero-order valence-corrected chi connectivity index (χ0v) is 12.2. The molecule has 2 aromatic rings. The number of aromatic nitrogens is 2. The third-order valence-electron chi connectivity index (χ3n) is 3.75. The third-order valence-corrected chi connectivity index (χ3v) is 5.14. The first-order chi connectivity index (χ1) is 9.72. The summed E-state index contributed by atoms with van der Waals surface area (Å²) in [6, 6.07) is 8.00. The molecule has 0 bridgehead atoms. The number of ether oxygens (including phenoxy) is 1. The highest BCUT2D eigenvalue weighted by Gasteiger charge is 2.44. The van der Waals surface area contributed by atoms with Crippen molar-refractivity contribution in [3.05, 3.63) is 30.5 Å². The van der Waals surface area contributed by atoms with Gasteiger partial charge in [0, 0.05) is 16.0 Å². The molecule has 1 saturated carbocycles. The van der Waals surface area contributed by atoms with Gasteiger partial charge in [0.1, 0.15) is 0 Å². The fourth-order valence-electron chi connectivity index (χ4n) is 2.26. The lowest BCUT2D eigenvalue weighted by Gasteiger charge is -2.13. The molecule has 1 heterocycles. The zero-order chi connectivity index (χ0) is 14.0. The van der Waals surface area contributed by atoms with Crippen LogP contribution in [0.5, 0.6) is 0 Å². The van der Waals surface area contributed by atoms with Gasteiger partial charge in [-0.25, -0.2) is 0 Å². The lowest BCUT2D eigenvalue weighted by Crippen LogP contribution is -2.13. The van der Waals surface area contributed by atoms with Gasteiger partial charge in [-0.15, -0.1) is 11.8 Å². The summed E-state index contributed by atoms with van der Waals surface area (Å²) >= 11 is 1.76. The van der Waals surface area contributed by atoms with E-state index in [2.05, 4.69) is 16.3 Å². The maximum Gasteiger partial charge on any atom is 0.306 e. The number of fused-ring (bicyclic) bond motifs is 1. The molecule has 0 saturated heterocycles. The predicted octanol–water partition coefficient (Wildman–Crippen LogP) is 3.07. The molecule has 3 rings (SSSR count). The summed E-state index contributed by atoms with van der Waals surface area (Å²) in [5.41, 5.74) is 1.04. The molecule has 0 amide bonds. The smallest absolute Gasteiger partial charge is 0.306 e. The Morgan fingerprint density at radius 1 is 1.40 bits per heavy atom. The Bertz CT molecular complexity index is 635. The van der Waals surface area contributed by atoms with Gasteiger partial charge in [0.05, 0.1) is 25.2 Å². The maximum atomic E-state index is 11.4. The molecular formula is C15H16N2O2S. The summed E-state index contributed by atoms with van der Waals surface area (Å²) in [4.78, 5) is 12.6. The number of hydrogen-bond acceptors (Lipinski definition) is 5. The Morgan fingerprint density at radius 3 is 2.95 bits per heavy atom. The zero-order valence-electron chi connectivity index (χ0n) is 11.3. The van der Waals surface area contributed by atoms with E-state index in [1.165, 1.54) is 7.11 Å². The summed E-state index contributed by atoms with van der Waals surface area (Å²) in [6.45, 7) is 0. The number of carbonyl (C=O) groups is 1. The van der Waals surface area contributed by atoms with E-state index in [0.717, 1.165) is 34.4 Å². The van der Waals surface area contributed by atoms with Crippen molar-refractivity contribution in [2.75, 3.05) is 12.9 Å². The molecule has 20 heavy (non-hydrogen) atoms. The molecule has 1 aliphatic carbocycles. The van der Waals surface area contributed by atoms with Crippen LogP contribution in [-0.4, -0.2) is 29.0 Å². The molecule has 1 aromatic heterocycles. The molecule has 1 fully saturated rings. The Kier molecular flexibility index (Phi) is 3.61. The van der Waals surface area contributed by atoms with Crippen LogP contribution in [0.2, 0.25) is 0 Å². The van der Waals surface area contributed by atoms with Crippen molar-refractivity contribution < 1.29 is 9.53 Å². The van der Waals surface area contributed by atoms with E-state index in [9.17, 15) is 4.79 Å². The molecular weight excluding hydrogens is 272 g/mol. The molecule has 0 radical (unpaired) electrons. The summed E-state index contributed by atoms with van der Waals surface area (Å²) < 4.78 is 4.78. The van der Waals surface area contributed by atoms with Crippen LogP contribution in [0.3, 0.4) is 0 Å². The summed E-state index contributed by atoms with van der Waals surface area (Å²) in [5.74, 6) is 0.818. The van der Waals surface area contributed by atoms with Gasteiger partial charge < -0.3 is 4.74 Å². The first-order valence-electron chi connectivity index (χ1n) is 6.62. The molecule has 5 heteroatoms. The summed E-state index contributed by atoms with van der Waals surface area (Å²) in [7, 11) is 1.45. The highest BCUT2D eigenvalue weighted by molar-refractivity contribution is 7.99. The first-order valence-corrected chi connectivity index (χ1v) is 7.61. The molecule has 0 aliphatic heterocycles. The second-order valence-electron chi connectivity index (χ2n) is 5.27. The van der Waals surface area contributed by atoms with Crippen LogP contribution in [0.4, 0.5) is 0 Å². The fraction of sp³-hybridized carbons (Fsp3) is 0.400. The number of esters is 1. The average Bonchev–Trinajstić information content (AvgIpc) is 3.25. The number of benzene rings is 1. The van der Waals surface area contributed by atoms with Gasteiger partial charge in [-0.1, -0.05) is 18.2 Å². The lowest BCUT2D eigenvalue weighted by molar-refractivity contribution is -0.141. The van der Waals surface area contributed by atoms with E-state index >= 15 is 0 Å². The Labute approximate surface area is 121 Å². The molecule has 104 valence electrons. The van der Waals surface area contributed by atoms with Crippen molar-refractivity contribution in [1.29, 1.82) is 0 Å². The van der Waals surface area contributed by atoms with Gasteiger partial charge >= 0.3 is 5.97 Å². The average molecular weight is 288 g/mol. The number of rotatable bonds is 5. The van der Waals surface area contributed by atoms with Crippen molar-refractivity contribution >= 4 is 28.6 Å². The largest absolute Gasteiger partial charge is 0.469 e. The van der Waals surface area contributed by atoms with Gasteiger partial charge in [0.25, 0.3) is 0 Å². The van der Waals surface area contributed by atoms with Crippen molar-refractivity contribution in [1.82, 2.24) is 10.2 Å². The van der Waals surface area contributed by atoms with Crippen molar-refractivity contribution in [2.24, 2.45) is 5.41 Å². The molecule has 1 aliphatic rings. The minimum absolute atomic E-state index is 0.110. The number of nitrogens with zero attached hydrogens (tertiary/aromatic N) is 2. The second kappa shape index (κ2) is 5.40. The fourth-order valence-corrected chi connectivity index (χ4v) is 3.56. The topological polar surface area (TPSA) is 52.1 Å². The van der Waals surface area contributed by atoms with Crippen molar-refractivity contribution in [3.63, 3.8) is 0 Å². The molecule has 0 atom stereocenters. The van der Waals surface area contributed by atoms with Crippen LogP contribution in [0, 0.1) is 5.41 Å². The number of methoxy groups -OCH3 is 1. The standard InChI is InChI=1S/C15H16N2O2S/c1-19-14(18)8-15(6-7-15)10-20-13-9-16-17-12-5-3-2-4-11(12)13/h2-5,9H,6-8,10H2,1H3. The quantitative estimate of drug-likeness (QED) is 0.625. The molecule has 0 unspecified atom stereocenters. The lowest BCUT2D eigenvalue weighted by atomic mass is 10.1. The predicted molar refractivity (Wildman–Crippen MR) is 78.6 cm³/mol. The van der Waals surface area contributed by atoms with Crippen LogP contribution in [0.25, 0.3) is 10.9 Å². The first kappa shape index (κ1) is 13.4. The monoisotopic (exact) mass is 288 g/mol. The number of thioether (sulfide) groups is 1. The normalized spacial score (nSPS) is 16.1. The van der Waals surface area contributed by atoms with Crippen LogP contribution in [0.15, 0.2) is 35.4 Å². The van der Waals surface area contributed by atoms with E-state index < -0.39 is 0 Å². The van der Waals surface area contributed by atoms with Crippen molar-refractivity contribution in [3.8, 4) is 0 Å². The minimum Gasteiger partial charge on any atom is -0.469 e.